The molecule has 1 fully saturated rings. The number of amides is 1. The second-order valence-corrected chi connectivity index (χ2v) is 5.11. The molecular formula is C12H17NOS. The standard InChI is InChI=1S/C12H17NOS/c1-9(11-3-4-11)13-12(14)5-2-10-6-7-15-8-10/h6-9,11H,2-5H2,1H3,(H,13,14). The first-order valence-electron chi connectivity index (χ1n) is 5.56. The number of thiophene rings is 1. The first-order chi connectivity index (χ1) is 7.25. The van der Waals surface area contributed by atoms with E-state index in [1.807, 2.05) is 0 Å². The van der Waals surface area contributed by atoms with Crippen LogP contribution in [0.15, 0.2) is 16.8 Å². The van der Waals surface area contributed by atoms with Crippen LogP contribution >= 0.6 is 11.3 Å². The van der Waals surface area contributed by atoms with Crippen LogP contribution in [0.25, 0.3) is 0 Å². The summed E-state index contributed by atoms with van der Waals surface area (Å²) in [7, 11) is 0. The molecule has 0 spiro atoms. The fraction of sp³-hybridized carbons (Fsp3) is 0.583. The van der Waals surface area contributed by atoms with Crippen molar-refractivity contribution in [3.63, 3.8) is 0 Å². The minimum Gasteiger partial charge on any atom is -0.353 e. The maximum atomic E-state index is 11.6. The summed E-state index contributed by atoms with van der Waals surface area (Å²) < 4.78 is 0. The Labute approximate surface area is 94.7 Å². The summed E-state index contributed by atoms with van der Waals surface area (Å²) >= 11 is 1.69. The summed E-state index contributed by atoms with van der Waals surface area (Å²) in [6, 6.07) is 2.46. The molecule has 2 rings (SSSR count). The summed E-state index contributed by atoms with van der Waals surface area (Å²) in [5.41, 5.74) is 1.27. The lowest BCUT2D eigenvalue weighted by Gasteiger charge is -2.12. The van der Waals surface area contributed by atoms with Crippen LogP contribution in [-0.4, -0.2) is 11.9 Å². The van der Waals surface area contributed by atoms with Crippen molar-refractivity contribution in [1.29, 1.82) is 0 Å². The Hall–Kier alpha value is -0.830. The van der Waals surface area contributed by atoms with E-state index in [-0.39, 0.29) is 5.91 Å². The number of hydrogen-bond acceptors (Lipinski definition) is 2. The van der Waals surface area contributed by atoms with E-state index in [0.717, 1.165) is 12.3 Å². The molecular weight excluding hydrogens is 206 g/mol. The summed E-state index contributed by atoms with van der Waals surface area (Å²) in [6.45, 7) is 2.11. The number of hydrogen-bond donors (Lipinski definition) is 1. The number of carbonyl (C=O) groups excluding carboxylic acids is 1. The van der Waals surface area contributed by atoms with Gasteiger partial charge < -0.3 is 5.32 Å². The van der Waals surface area contributed by atoms with Crippen molar-refractivity contribution >= 4 is 17.2 Å². The molecule has 1 unspecified atom stereocenters. The lowest BCUT2D eigenvalue weighted by molar-refractivity contribution is -0.121. The van der Waals surface area contributed by atoms with E-state index in [1.54, 1.807) is 11.3 Å². The molecule has 0 bridgehead atoms. The highest BCUT2D eigenvalue weighted by Crippen LogP contribution is 2.32. The third kappa shape index (κ3) is 3.34. The first-order valence-corrected chi connectivity index (χ1v) is 6.50. The van der Waals surface area contributed by atoms with Crippen LogP contribution in [0.2, 0.25) is 0 Å². The van der Waals surface area contributed by atoms with Crippen molar-refractivity contribution in [3.05, 3.63) is 22.4 Å². The van der Waals surface area contributed by atoms with Gasteiger partial charge in [-0.1, -0.05) is 0 Å². The lowest BCUT2D eigenvalue weighted by atomic mass is 10.1. The maximum Gasteiger partial charge on any atom is 0.220 e. The van der Waals surface area contributed by atoms with Crippen LogP contribution < -0.4 is 5.32 Å². The molecule has 1 aliphatic carbocycles. The van der Waals surface area contributed by atoms with Crippen molar-refractivity contribution in [3.8, 4) is 0 Å². The Morgan fingerprint density at radius 2 is 2.47 bits per heavy atom. The summed E-state index contributed by atoms with van der Waals surface area (Å²) in [5, 5.41) is 7.23. The van der Waals surface area contributed by atoms with E-state index >= 15 is 0 Å². The fourth-order valence-corrected chi connectivity index (χ4v) is 2.44. The van der Waals surface area contributed by atoms with E-state index in [0.29, 0.717) is 12.5 Å². The molecule has 3 heteroatoms. The van der Waals surface area contributed by atoms with Gasteiger partial charge in [-0.25, -0.2) is 0 Å². The summed E-state index contributed by atoms with van der Waals surface area (Å²) in [5.74, 6) is 0.940. The average molecular weight is 223 g/mol. The van der Waals surface area contributed by atoms with Gasteiger partial charge in [0.25, 0.3) is 0 Å². The van der Waals surface area contributed by atoms with Crippen molar-refractivity contribution < 1.29 is 4.79 Å². The smallest absolute Gasteiger partial charge is 0.220 e. The SMILES string of the molecule is CC(NC(=O)CCc1ccsc1)C1CC1. The van der Waals surface area contributed by atoms with Gasteiger partial charge in [-0.2, -0.15) is 11.3 Å². The van der Waals surface area contributed by atoms with Gasteiger partial charge in [0.2, 0.25) is 5.91 Å². The molecule has 1 aliphatic rings. The largest absolute Gasteiger partial charge is 0.353 e. The van der Waals surface area contributed by atoms with Crippen LogP contribution in [0.3, 0.4) is 0 Å². The fourth-order valence-electron chi connectivity index (χ4n) is 1.73. The number of rotatable bonds is 5. The lowest BCUT2D eigenvalue weighted by Crippen LogP contribution is -2.34. The molecule has 1 amide bonds. The second-order valence-electron chi connectivity index (χ2n) is 4.33. The monoisotopic (exact) mass is 223 g/mol. The Balaban J connectivity index is 1.68. The molecule has 1 aromatic heterocycles. The first kappa shape index (κ1) is 10.7. The second kappa shape index (κ2) is 4.79. The average Bonchev–Trinajstić information content (AvgIpc) is 2.93. The molecule has 0 aromatic carbocycles. The van der Waals surface area contributed by atoms with Crippen molar-refractivity contribution in [1.82, 2.24) is 5.32 Å². The van der Waals surface area contributed by atoms with Gasteiger partial charge in [-0.3, -0.25) is 4.79 Å². The third-order valence-electron chi connectivity index (χ3n) is 2.94. The molecule has 1 atom stereocenters. The van der Waals surface area contributed by atoms with Gasteiger partial charge in [-0.15, -0.1) is 0 Å². The van der Waals surface area contributed by atoms with E-state index in [1.165, 1.54) is 18.4 Å². The zero-order valence-electron chi connectivity index (χ0n) is 9.03. The summed E-state index contributed by atoms with van der Waals surface area (Å²) in [6.07, 6.45) is 4.05. The van der Waals surface area contributed by atoms with Crippen LogP contribution in [0, 0.1) is 5.92 Å². The van der Waals surface area contributed by atoms with Crippen LogP contribution in [0.4, 0.5) is 0 Å². The Kier molecular flexibility index (Phi) is 3.41. The van der Waals surface area contributed by atoms with Gasteiger partial charge in [0.05, 0.1) is 0 Å². The van der Waals surface area contributed by atoms with Crippen LogP contribution in [0.5, 0.6) is 0 Å². The van der Waals surface area contributed by atoms with E-state index < -0.39 is 0 Å². The minimum atomic E-state index is 0.195. The zero-order chi connectivity index (χ0) is 10.7. The van der Waals surface area contributed by atoms with Gasteiger partial charge in [-0.05, 0) is 54.5 Å². The van der Waals surface area contributed by atoms with E-state index in [2.05, 4.69) is 29.1 Å². The molecule has 1 heterocycles. The Bertz CT molecular complexity index is 316. The summed E-state index contributed by atoms with van der Waals surface area (Å²) in [4.78, 5) is 11.6. The Morgan fingerprint density at radius 1 is 1.67 bits per heavy atom. The van der Waals surface area contributed by atoms with Crippen molar-refractivity contribution in [2.45, 2.75) is 38.6 Å². The molecule has 1 saturated carbocycles. The van der Waals surface area contributed by atoms with E-state index in [9.17, 15) is 4.79 Å². The van der Waals surface area contributed by atoms with Gasteiger partial charge >= 0.3 is 0 Å². The highest BCUT2D eigenvalue weighted by atomic mass is 32.1. The molecule has 1 N–H and O–H groups in total. The maximum absolute atomic E-state index is 11.6. The molecule has 1 aromatic rings. The van der Waals surface area contributed by atoms with Gasteiger partial charge in [0.1, 0.15) is 0 Å². The highest BCUT2D eigenvalue weighted by Gasteiger charge is 2.28. The number of aryl methyl sites for hydroxylation is 1. The van der Waals surface area contributed by atoms with Gasteiger partial charge in [0.15, 0.2) is 0 Å². The molecule has 0 radical (unpaired) electrons. The van der Waals surface area contributed by atoms with Crippen LogP contribution in [0.1, 0.15) is 31.7 Å². The molecule has 15 heavy (non-hydrogen) atoms. The van der Waals surface area contributed by atoms with Crippen molar-refractivity contribution in [2.75, 3.05) is 0 Å². The third-order valence-corrected chi connectivity index (χ3v) is 3.67. The molecule has 0 saturated heterocycles. The normalized spacial score (nSPS) is 17.4. The number of carbonyl (C=O) groups is 1. The molecule has 2 nitrogen and oxygen atoms in total. The highest BCUT2D eigenvalue weighted by molar-refractivity contribution is 7.07. The topological polar surface area (TPSA) is 29.1 Å². The predicted molar refractivity (Wildman–Crippen MR) is 63.0 cm³/mol. The Morgan fingerprint density at radius 3 is 3.07 bits per heavy atom. The van der Waals surface area contributed by atoms with E-state index in [4.69, 9.17) is 0 Å². The predicted octanol–water partition coefficient (Wildman–Crippen LogP) is 2.60. The zero-order valence-corrected chi connectivity index (χ0v) is 9.85. The quantitative estimate of drug-likeness (QED) is 0.816. The molecule has 82 valence electrons. The van der Waals surface area contributed by atoms with Crippen LogP contribution in [-0.2, 0) is 11.2 Å². The molecule has 0 aliphatic heterocycles. The number of nitrogens with one attached hydrogen (secondary N) is 1. The van der Waals surface area contributed by atoms with Gasteiger partial charge in [0, 0.05) is 12.5 Å². The van der Waals surface area contributed by atoms with Crippen molar-refractivity contribution in [2.24, 2.45) is 5.92 Å². The minimum absolute atomic E-state index is 0.195.